The van der Waals surface area contributed by atoms with Crippen LogP contribution in [0.15, 0.2) is 18.2 Å². The lowest BCUT2D eigenvalue weighted by Crippen LogP contribution is -2.35. The van der Waals surface area contributed by atoms with Crippen molar-refractivity contribution in [3.05, 3.63) is 33.3 Å². The molecular formula is C11H12ClN3O3. The summed E-state index contributed by atoms with van der Waals surface area (Å²) in [4.78, 5) is 9.96. The molecular weight excluding hydrogens is 258 g/mol. The Morgan fingerprint density at radius 2 is 2.33 bits per heavy atom. The molecule has 0 heterocycles. The van der Waals surface area contributed by atoms with Gasteiger partial charge in [-0.3, -0.25) is 10.1 Å². The minimum atomic E-state index is -0.965. The number of rotatable bonds is 5. The Balaban J connectivity index is 2.65. The van der Waals surface area contributed by atoms with Crippen molar-refractivity contribution in [2.45, 2.75) is 18.9 Å². The van der Waals surface area contributed by atoms with Crippen molar-refractivity contribution in [1.29, 1.82) is 5.26 Å². The van der Waals surface area contributed by atoms with E-state index in [9.17, 15) is 10.1 Å². The van der Waals surface area contributed by atoms with Gasteiger partial charge in [0.05, 0.1) is 22.6 Å². The molecule has 0 spiro atoms. The highest BCUT2D eigenvalue weighted by atomic mass is 35.5. The summed E-state index contributed by atoms with van der Waals surface area (Å²) in [6.45, 7) is 1.80. The number of nitro groups is 1. The van der Waals surface area contributed by atoms with Crippen LogP contribution in [0.2, 0.25) is 5.02 Å². The van der Waals surface area contributed by atoms with E-state index < -0.39 is 10.5 Å². The maximum Gasteiger partial charge on any atom is 0.271 e. The second-order valence-electron chi connectivity index (χ2n) is 4.00. The maximum atomic E-state index is 10.5. The fraction of sp³-hybridized carbons (Fsp3) is 0.364. The Morgan fingerprint density at radius 1 is 1.67 bits per heavy atom. The van der Waals surface area contributed by atoms with E-state index in [1.807, 2.05) is 6.07 Å². The molecule has 0 saturated carbocycles. The molecule has 7 heteroatoms. The van der Waals surface area contributed by atoms with E-state index >= 15 is 0 Å². The highest BCUT2D eigenvalue weighted by Crippen LogP contribution is 2.28. The van der Waals surface area contributed by atoms with Crippen LogP contribution in [0.3, 0.4) is 0 Å². The van der Waals surface area contributed by atoms with Gasteiger partial charge in [0.25, 0.3) is 5.69 Å². The Hall–Kier alpha value is -1.84. The molecule has 0 amide bonds. The fourth-order valence-electron chi connectivity index (χ4n) is 1.15. The lowest BCUT2D eigenvalue weighted by molar-refractivity contribution is -0.384. The SMILES string of the molecule is CC(N)(C#N)CCOc1ccc([N+](=O)[O-])cc1Cl. The van der Waals surface area contributed by atoms with Crippen LogP contribution in [-0.4, -0.2) is 17.1 Å². The van der Waals surface area contributed by atoms with Crippen LogP contribution < -0.4 is 10.5 Å². The number of benzene rings is 1. The van der Waals surface area contributed by atoms with Gasteiger partial charge >= 0.3 is 0 Å². The molecule has 96 valence electrons. The number of nitrogens with two attached hydrogens (primary N) is 1. The summed E-state index contributed by atoms with van der Waals surface area (Å²) >= 11 is 5.83. The largest absolute Gasteiger partial charge is 0.492 e. The zero-order valence-corrected chi connectivity index (χ0v) is 10.5. The molecule has 6 nitrogen and oxygen atoms in total. The van der Waals surface area contributed by atoms with Gasteiger partial charge in [-0.05, 0) is 13.0 Å². The first-order valence-electron chi connectivity index (χ1n) is 5.12. The lowest BCUT2D eigenvalue weighted by atomic mass is 10.0. The van der Waals surface area contributed by atoms with Gasteiger partial charge in [-0.2, -0.15) is 5.26 Å². The van der Waals surface area contributed by atoms with E-state index in [-0.39, 0.29) is 17.3 Å². The first kappa shape index (κ1) is 14.2. The predicted octanol–water partition coefficient (Wildman–Crippen LogP) is 2.26. The number of hydrogen-bond acceptors (Lipinski definition) is 5. The summed E-state index contributed by atoms with van der Waals surface area (Å²) in [5.74, 6) is 0.330. The van der Waals surface area contributed by atoms with E-state index in [0.717, 1.165) is 0 Å². The molecule has 1 rings (SSSR count). The van der Waals surface area contributed by atoms with Gasteiger partial charge in [0.2, 0.25) is 0 Å². The van der Waals surface area contributed by atoms with Gasteiger partial charge in [0.1, 0.15) is 11.3 Å². The van der Waals surface area contributed by atoms with E-state index in [2.05, 4.69) is 0 Å². The predicted molar refractivity (Wildman–Crippen MR) is 66.4 cm³/mol. The molecule has 0 aliphatic carbocycles. The van der Waals surface area contributed by atoms with Gasteiger partial charge in [0, 0.05) is 18.6 Å². The lowest BCUT2D eigenvalue weighted by Gasteiger charge is -2.15. The summed E-state index contributed by atoms with van der Waals surface area (Å²) < 4.78 is 5.32. The summed E-state index contributed by atoms with van der Waals surface area (Å²) in [6, 6.07) is 5.87. The average molecular weight is 270 g/mol. The summed E-state index contributed by atoms with van der Waals surface area (Å²) in [5.41, 5.74) is 4.55. The van der Waals surface area contributed by atoms with E-state index in [0.29, 0.717) is 12.2 Å². The first-order chi connectivity index (χ1) is 8.35. The van der Waals surface area contributed by atoms with Crippen molar-refractivity contribution >= 4 is 17.3 Å². The van der Waals surface area contributed by atoms with Gasteiger partial charge in [-0.15, -0.1) is 0 Å². The number of ether oxygens (including phenoxy) is 1. The summed E-state index contributed by atoms with van der Waals surface area (Å²) in [5, 5.41) is 19.4. The highest BCUT2D eigenvalue weighted by Gasteiger charge is 2.17. The Kier molecular flexibility index (Phi) is 4.48. The van der Waals surface area contributed by atoms with Crippen molar-refractivity contribution in [3.8, 4) is 11.8 Å². The molecule has 1 aromatic rings. The van der Waals surface area contributed by atoms with Crippen LogP contribution in [0.1, 0.15) is 13.3 Å². The number of nitro benzene ring substituents is 1. The average Bonchev–Trinajstić information content (AvgIpc) is 2.31. The van der Waals surface area contributed by atoms with Crippen molar-refractivity contribution in [2.24, 2.45) is 5.73 Å². The van der Waals surface area contributed by atoms with Crippen LogP contribution in [0.25, 0.3) is 0 Å². The molecule has 0 saturated heterocycles. The molecule has 0 fully saturated rings. The van der Waals surface area contributed by atoms with E-state index in [1.165, 1.54) is 18.2 Å². The molecule has 1 aromatic carbocycles. The highest BCUT2D eigenvalue weighted by molar-refractivity contribution is 6.32. The number of hydrogen-bond donors (Lipinski definition) is 1. The van der Waals surface area contributed by atoms with Crippen LogP contribution in [0.4, 0.5) is 5.69 Å². The van der Waals surface area contributed by atoms with Crippen LogP contribution in [0, 0.1) is 21.4 Å². The molecule has 0 aliphatic heterocycles. The zero-order valence-electron chi connectivity index (χ0n) is 9.72. The fourth-order valence-corrected chi connectivity index (χ4v) is 1.38. The zero-order chi connectivity index (χ0) is 13.8. The van der Waals surface area contributed by atoms with Crippen LogP contribution >= 0.6 is 11.6 Å². The Morgan fingerprint density at radius 3 is 2.83 bits per heavy atom. The van der Waals surface area contributed by atoms with E-state index in [1.54, 1.807) is 6.92 Å². The normalized spacial score (nSPS) is 13.4. The van der Waals surface area contributed by atoms with Gasteiger partial charge in [0.15, 0.2) is 0 Å². The van der Waals surface area contributed by atoms with Crippen molar-refractivity contribution in [3.63, 3.8) is 0 Å². The number of nitrogens with zero attached hydrogens (tertiary/aromatic N) is 2. The number of non-ortho nitro benzene ring substituents is 1. The van der Waals surface area contributed by atoms with Crippen LogP contribution in [-0.2, 0) is 0 Å². The van der Waals surface area contributed by atoms with Crippen molar-refractivity contribution in [1.82, 2.24) is 0 Å². The molecule has 0 aliphatic rings. The minimum absolute atomic E-state index is 0.104. The Bertz CT molecular complexity index is 497. The van der Waals surface area contributed by atoms with Gasteiger partial charge in [-0.25, -0.2) is 0 Å². The standard InChI is InChI=1S/C11H12ClN3O3/c1-11(14,7-13)4-5-18-10-3-2-8(15(16)17)6-9(10)12/h2-3,6H,4-5,14H2,1H3. The molecule has 2 N–H and O–H groups in total. The third-order valence-electron chi connectivity index (χ3n) is 2.26. The molecule has 0 radical (unpaired) electrons. The quantitative estimate of drug-likeness (QED) is 0.652. The topological polar surface area (TPSA) is 102 Å². The third kappa shape index (κ3) is 3.87. The maximum absolute atomic E-state index is 10.5. The van der Waals surface area contributed by atoms with E-state index in [4.69, 9.17) is 27.3 Å². The second kappa shape index (κ2) is 5.67. The van der Waals surface area contributed by atoms with Gasteiger partial charge < -0.3 is 10.5 Å². The first-order valence-corrected chi connectivity index (χ1v) is 5.50. The third-order valence-corrected chi connectivity index (χ3v) is 2.56. The molecule has 18 heavy (non-hydrogen) atoms. The van der Waals surface area contributed by atoms with Gasteiger partial charge in [-0.1, -0.05) is 11.6 Å². The van der Waals surface area contributed by atoms with Crippen molar-refractivity contribution < 1.29 is 9.66 Å². The molecule has 0 bridgehead atoms. The monoisotopic (exact) mass is 269 g/mol. The smallest absolute Gasteiger partial charge is 0.271 e. The number of nitriles is 1. The van der Waals surface area contributed by atoms with Crippen molar-refractivity contribution in [2.75, 3.05) is 6.61 Å². The molecule has 1 unspecified atom stereocenters. The molecule has 0 aromatic heterocycles. The summed E-state index contributed by atoms with van der Waals surface area (Å²) in [7, 11) is 0. The minimum Gasteiger partial charge on any atom is -0.492 e. The molecule has 1 atom stereocenters. The van der Waals surface area contributed by atoms with Crippen LogP contribution in [0.5, 0.6) is 5.75 Å². The number of halogens is 1. The summed E-state index contributed by atoms with van der Waals surface area (Å²) in [6.07, 6.45) is 0.330. The Labute approximate surface area is 109 Å². The second-order valence-corrected chi connectivity index (χ2v) is 4.41.